The van der Waals surface area contributed by atoms with Gasteiger partial charge in [-0.05, 0) is 73.9 Å². The summed E-state index contributed by atoms with van der Waals surface area (Å²) in [4.78, 5) is 10.5. The van der Waals surface area contributed by atoms with Crippen LogP contribution in [0.5, 0.6) is 11.6 Å². The van der Waals surface area contributed by atoms with Crippen molar-refractivity contribution in [2.45, 2.75) is 20.8 Å². The normalized spacial score (nSPS) is 14.4. The minimum absolute atomic E-state index is 0.0580. The van der Waals surface area contributed by atoms with E-state index in [1.165, 1.54) is 16.4 Å². The van der Waals surface area contributed by atoms with Crippen LogP contribution in [-0.2, 0) is 10.0 Å². The van der Waals surface area contributed by atoms with Gasteiger partial charge in [-0.25, -0.2) is 17.8 Å². The van der Waals surface area contributed by atoms with E-state index < -0.39 is 15.8 Å². The van der Waals surface area contributed by atoms with Crippen molar-refractivity contribution >= 4 is 33.4 Å². The molecule has 0 radical (unpaired) electrons. The lowest BCUT2D eigenvalue weighted by atomic mass is 10.1. The molecule has 1 saturated heterocycles. The summed E-state index contributed by atoms with van der Waals surface area (Å²) in [6, 6.07) is 12.2. The fourth-order valence-electron chi connectivity index (χ4n) is 4.30. The second-order valence-corrected chi connectivity index (χ2v) is 11.1. The van der Waals surface area contributed by atoms with Gasteiger partial charge in [-0.2, -0.15) is 14.6 Å². The lowest BCUT2D eigenvalue weighted by Gasteiger charge is -2.35. The number of hydrogen-bond acceptors (Lipinski definition) is 8. The second-order valence-electron chi connectivity index (χ2n) is 8.84. The maximum Gasteiger partial charge on any atom is 0.230 e. The first-order valence-corrected chi connectivity index (χ1v) is 13.8. The molecule has 0 aliphatic carbocycles. The first-order valence-electron chi connectivity index (χ1n) is 12.2. The third kappa shape index (κ3) is 6.27. The summed E-state index contributed by atoms with van der Waals surface area (Å²) < 4.78 is 46.6. The number of halogens is 1. The van der Waals surface area contributed by atoms with Crippen molar-refractivity contribution < 1.29 is 17.5 Å². The quantitative estimate of drug-likeness (QED) is 0.410. The number of piperazine rings is 1. The third-order valence-corrected chi connectivity index (χ3v) is 8.09. The maximum absolute atomic E-state index is 15.0. The molecule has 1 aliphatic heterocycles. The van der Waals surface area contributed by atoms with Gasteiger partial charge >= 0.3 is 0 Å². The lowest BCUT2D eigenvalue weighted by molar-refractivity contribution is 0.384. The zero-order valence-corrected chi connectivity index (χ0v) is 22.3. The predicted octanol–water partition coefficient (Wildman–Crippen LogP) is 4.78. The van der Waals surface area contributed by atoms with E-state index in [0.717, 1.165) is 16.7 Å². The van der Waals surface area contributed by atoms with Gasteiger partial charge in [0.25, 0.3) is 0 Å². The van der Waals surface area contributed by atoms with Crippen LogP contribution in [0.3, 0.4) is 0 Å². The van der Waals surface area contributed by atoms with E-state index in [-0.39, 0.29) is 11.7 Å². The van der Waals surface area contributed by atoms with Crippen LogP contribution in [0.25, 0.3) is 6.08 Å². The molecule has 0 unspecified atom stereocenters. The van der Waals surface area contributed by atoms with Crippen LogP contribution in [0.15, 0.2) is 48.7 Å². The summed E-state index contributed by atoms with van der Waals surface area (Å²) in [5.74, 6) is 0.863. The minimum atomic E-state index is -3.25. The van der Waals surface area contributed by atoms with E-state index in [1.54, 1.807) is 37.4 Å². The number of benzene rings is 2. The summed E-state index contributed by atoms with van der Waals surface area (Å²) in [5.41, 5.74) is 3.57. The van der Waals surface area contributed by atoms with Crippen molar-refractivity contribution in [3.05, 3.63) is 71.2 Å². The Bertz CT molecular complexity index is 1470. The molecule has 1 aromatic heterocycles. The molecule has 0 bridgehead atoms. The van der Waals surface area contributed by atoms with Crippen LogP contribution in [0.1, 0.15) is 23.6 Å². The number of aromatic nitrogens is 2. The van der Waals surface area contributed by atoms with Crippen molar-refractivity contribution in [2.75, 3.05) is 42.1 Å². The number of nitriles is 1. The standard InChI is InChI=1S/C27H29FN6O3S/c1-4-38(35,36)34-14-12-33(13-15-34)24-8-7-22(18-23(24)28)31-27-30-11-9-25(32-27)37-26-19(2)16-21(6-5-10-29)17-20(26)3/h5-9,11,16-18H,4,12-15H2,1-3H3,(H,30,31,32)/b6-5+. The molecule has 2 aromatic carbocycles. The highest BCUT2D eigenvalue weighted by atomic mass is 32.2. The van der Waals surface area contributed by atoms with Crippen molar-refractivity contribution in [3.63, 3.8) is 0 Å². The Hall–Kier alpha value is -4.01. The SMILES string of the molecule is CCS(=O)(=O)N1CCN(c2ccc(Nc3nccc(Oc4c(C)cc(/C=C/C#N)cc4C)n3)cc2F)CC1. The molecule has 38 heavy (non-hydrogen) atoms. The topological polar surface area (TPSA) is 111 Å². The first kappa shape index (κ1) is 27.0. The van der Waals surface area contributed by atoms with Gasteiger partial charge in [0.2, 0.25) is 21.9 Å². The van der Waals surface area contributed by atoms with E-state index in [1.807, 2.05) is 36.9 Å². The summed E-state index contributed by atoms with van der Waals surface area (Å²) >= 11 is 0. The second kappa shape index (κ2) is 11.6. The van der Waals surface area contributed by atoms with E-state index >= 15 is 0 Å². The molecule has 1 N–H and O–H groups in total. The van der Waals surface area contributed by atoms with Crippen LogP contribution in [0.4, 0.5) is 21.7 Å². The van der Waals surface area contributed by atoms with Gasteiger partial charge in [-0.15, -0.1) is 0 Å². The average Bonchev–Trinajstić information content (AvgIpc) is 2.90. The van der Waals surface area contributed by atoms with E-state index in [9.17, 15) is 12.8 Å². The number of rotatable bonds is 8. The fraction of sp³-hybridized carbons (Fsp3) is 0.296. The van der Waals surface area contributed by atoms with E-state index in [0.29, 0.717) is 49.2 Å². The largest absolute Gasteiger partial charge is 0.438 e. The highest BCUT2D eigenvalue weighted by Crippen LogP contribution is 2.30. The lowest BCUT2D eigenvalue weighted by Crippen LogP contribution is -2.49. The number of allylic oxidation sites excluding steroid dienone is 1. The molecule has 3 aromatic rings. The molecule has 0 saturated carbocycles. The highest BCUT2D eigenvalue weighted by molar-refractivity contribution is 7.89. The third-order valence-electron chi connectivity index (χ3n) is 6.21. The molecular formula is C27H29FN6O3S. The van der Waals surface area contributed by atoms with Gasteiger partial charge in [0.05, 0.1) is 17.5 Å². The average molecular weight is 537 g/mol. The van der Waals surface area contributed by atoms with Crippen molar-refractivity contribution in [2.24, 2.45) is 0 Å². The van der Waals surface area contributed by atoms with Gasteiger partial charge < -0.3 is 15.0 Å². The Balaban J connectivity index is 1.44. The van der Waals surface area contributed by atoms with Crippen molar-refractivity contribution in [3.8, 4) is 17.7 Å². The number of nitrogens with zero attached hydrogens (tertiary/aromatic N) is 5. The summed E-state index contributed by atoms with van der Waals surface area (Å²) in [7, 11) is -3.25. The molecule has 0 atom stereocenters. The summed E-state index contributed by atoms with van der Waals surface area (Å²) in [6.45, 7) is 6.94. The number of aryl methyl sites for hydroxylation is 2. The van der Waals surface area contributed by atoms with Crippen LogP contribution < -0.4 is 15.0 Å². The Morgan fingerprint density at radius 2 is 1.84 bits per heavy atom. The van der Waals surface area contributed by atoms with Crippen LogP contribution in [0, 0.1) is 31.0 Å². The summed E-state index contributed by atoms with van der Waals surface area (Å²) in [6.07, 6.45) is 4.71. The smallest absolute Gasteiger partial charge is 0.230 e. The Morgan fingerprint density at radius 1 is 1.13 bits per heavy atom. The Morgan fingerprint density at radius 3 is 2.47 bits per heavy atom. The molecule has 11 heteroatoms. The number of sulfonamides is 1. The molecular weight excluding hydrogens is 507 g/mol. The van der Waals surface area contributed by atoms with Crippen LogP contribution in [0.2, 0.25) is 0 Å². The fourth-order valence-corrected chi connectivity index (χ4v) is 5.38. The zero-order chi connectivity index (χ0) is 27.3. The molecule has 2 heterocycles. The Kier molecular flexibility index (Phi) is 8.24. The zero-order valence-electron chi connectivity index (χ0n) is 21.5. The molecule has 4 rings (SSSR count). The number of nitrogens with one attached hydrogen (secondary N) is 1. The molecule has 0 spiro atoms. The molecule has 1 fully saturated rings. The molecule has 198 valence electrons. The van der Waals surface area contributed by atoms with E-state index in [2.05, 4.69) is 15.3 Å². The number of ether oxygens (including phenoxy) is 1. The predicted molar refractivity (Wildman–Crippen MR) is 146 cm³/mol. The first-order chi connectivity index (χ1) is 18.2. The van der Waals surface area contributed by atoms with Crippen molar-refractivity contribution in [1.82, 2.24) is 14.3 Å². The molecule has 1 aliphatic rings. The van der Waals surface area contributed by atoms with Gasteiger partial charge in [0.1, 0.15) is 11.6 Å². The van der Waals surface area contributed by atoms with E-state index in [4.69, 9.17) is 10.00 Å². The van der Waals surface area contributed by atoms with Crippen molar-refractivity contribution in [1.29, 1.82) is 5.26 Å². The Labute approximate surface area is 222 Å². The van der Waals surface area contributed by atoms with Gasteiger partial charge in [-0.3, -0.25) is 0 Å². The number of anilines is 3. The molecule has 0 amide bonds. The van der Waals surface area contributed by atoms with Gasteiger partial charge in [0.15, 0.2) is 0 Å². The van der Waals surface area contributed by atoms with Gasteiger partial charge in [0, 0.05) is 50.2 Å². The number of hydrogen-bond donors (Lipinski definition) is 1. The highest BCUT2D eigenvalue weighted by Gasteiger charge is 2.26. The maximum atomic E-state index is 15.0. The van der Waals surface area contributed by atoms with Crippen LogP contribution >= 0.6 is 0 Å². The molecule has 9 nitrogen and oxygen atoms in total. The minimum Gasteiger partial charge on any atom is -0.438 e. The summed E-state index contributed by atoms with van der Waals surface area (Å²) in [5, 5.41) is 11.8. The monoisotopic (exact) mass is 536 g/mol. The van der Waals surface area contributed by atoms with Gasteiger partial charge in [-0.1, -0.05) is 0 Å². The van der Waals surface area contributed by atoms with Crippen LogP contribution in [-0.4, -0.2) is 54.6 Å².